The van der Waals surface area contributed by atoms with Gasteiger partial charge in [0.2, 0.25) is 23.3 Å². The molecule has 3 atom stereocenters. The number of ketones is 1. The maximum Gasteiger partial charge on any atom is 0.268 e. The van der Waals surface area contributed by atoms with Gasteiger partial charge in [0.1, 0.15) is 11.9 Å². The highest BCUT2D eigenvalue weighted by Crippen LogP contribution is 2.31. The largest absolute Gasteiger partial charge is 0.372 e. The van der Waals surface area contributed by atoms with Crippen LogP contribution in [0.1, 0.15) is 47.3 Å². The molecule has 1 aliphatic heterocycles. The lowest BCUT2D eigenvalue weighted by molar-refractivity contribution is -0.149. The Bertz CT molecular complexity index is 1980. The molecule has 51 heavy (non-hydrogen) atoms. The summed E-state index contributed by atoms with van der Waals surface area (Å²) in [5.41, 5.74) is 10.7. The Labute approximate surface area is 296 Å². The van der Waals surface area contributed by atoms with Gasteiger partial charge >= 0.3 is 0 Å². The third-order valence-corrected chi connectivity index (χ3v) is 8.97. The number of anilines is 1. The monoisotopic (exact) mass is 718 g/mol. The molecular weight excluding hydrogens is 683 g/mol. The predicted molar refractivity (Wildman–Crippen MR) is 186 cm³/mol. The van der Waals surface area contributed by atoms with Crippen LogP contribution in [0.5, 0.6) is 0 Å². The van der Waals surface area contributed by atoms with Crippen molar-refractivity contribution < 1.29 is 38.3 Å². The van der Waals surface area contributed by atoms with E-state index in [1.165, 1.54) is 23.1 Å². The summed E-state index contributed by atoms with van der Waals surface area (Å²) in [6, 6.07) is 18.0. The number of benzene rings is 3. The van der Waals surface area contributed by atoms with Crippen LogP contribution in [0.3, 0.4) is 0 Å². The molecule has 0 unspecified atom stereocenters. The summed E-state index contributed by atoms with van der Waals surface area (Å²) < 4.78 is 13.7. The maximum atomic E-state index is 13.7. The predicted octanol–water partition coefficient (Wildman–Crippen LogP) is 2.41. The normalized spacial score (nSPS) is 16.8. The van der Waals surface area contributed by atoms with E-state index in [0.29, 0.717) is 22.2 Å². The van der Waals surface area contributed by atoms with Crippen LogP contribution in [-0.2, 0) is 36.9 Å². The molecule has 1 aliphatic rings. The highest BCUT2D eigenvalue weighted by molar-refractivity contribution is 6.30. The van der Waals surface area contributed by atoms with E-state index in [1.807, 2.05) is 0 Å². The van der Waals surface area contributed by atoms with Gasteiger partial charge in [-0.1, -0.05) is 41.9 Å². The van der Waals surface area contributed by atoms with Crippen molar-refractivity contribution in [2.75, 3.05) is 11.4 Å². The molecule has 5 rings (SSSR count). The number of halogens is 2. The average Bonchev–Trinajstić information content (AvgIpc) is 3.65. The Morgan fingerprint density at radius 1 is 1.00 bits per heavy atom. The fourth-order valence-electron chi connectivity index (χ4n) is 5.98. The number of carbonyl (C=O) groups is 6. The van der Waals surface area contributed by atoms with E-state index in [9.17, 15) is 38.3 Å². The molecule has 0 aliphatic carbocycles. The topological polar surface area (TPSA) is 218 Å². The zero-order valence-corrected chi connectivity index (χ0v) is 28.0. The van der Waals surface area contributed by atoms with E-state index in [1.54, 1.807) is 48.5 Å². The van der Waals surface area contributed by atoms with Gasteiger partial charge < -0.3 is 37.1 Å². The number of fused-ring (bicyclic) bond motifs is 1. The van der Waals surface area contributed by atoms with Gasteiger partial charge in [-0.05, 0) is 60.0 Å². The number of nitrogens with zero attached hydrogens (tertiary/aromatic N) is 1. The number of nitrogens with two attached hydrogens (primary N) is 2. The zero-order valence-electron chi connectivity index (χ0n) is 27.3. The van der Waals surface area contributed by atoms with Crippen molar-refractivity contribution in [3.05, 3.63) is 100 Å². The molecule has 1 fully saturated rings. The van der Waals surface area contributed by atoms with E-state index in [2.05, 4.69) is 15.6 Å². The van der Waals surface area contributed by atoms with Crippen LogP contribution in [0.15, 0.2) is 72.8 Å². The third-order valence-electron chi connectivity index (χ3n) is 8.75. The summed E-state index contributed by atoms with van der Waals surface area (Å²) in [5, 5.41) is 16.8. The Morgan fingerprint density at radius 2 is 1.75 bits per heavy atom. The van der Waals surface area contributed by atoms with Crippen LogP contribution in [0, 0.1) is 11.7 Å². The second kappa shape index (κ2) is 15.5. The smallest absolute Gasteiger partial charge is 0.268 e. The van der Waals surface area contributed by atoms with E-state index in [4.69, 9.17) is 23.1 Å². The summed E-state index contributed by atoms with van der Waals surface area (Å²) in [6.45, 7) is -0.147. The number of aromatic nitrogens is 1. The number of rotatable bonds is 15. The summed E-state index contributed by atoms with van der Waals surface area (Å²) >= 11 is 5.87. The molecule has 3 aromatic carbocycles. The third kappa shape index (κ3) is 8.77. The van der Waals surface area contributed by atoms with Crippen LogP contribution < -0.4 is 27.0 Å². The fraction of sp³-hybridized carbons (Fsp3) is 0.278. The molecule has 1 aromatic heterocycles. The van der Waals surface area contributed by atoms with Crippen molar-refractivity contribution in [1.82, 2.24) is 15.6 Å². The number of H-pyrrole nitrogens is 1. The van der Waals surface area contributed by atoms with E-state index in [0.717, 1.165) is 11.6 Å². The van der Waals surface area contributed by atoms with E-state index in [-0.39, 0.29) is 55.9 Å². The van der Waals surface area contributed by atoms with Gasteiger partial charge in [0.25, 0.3) is 11.8 Å². The highest BCUT2D eigenvalue weighted by Gasteiger charge is 2.51. The van der Waals surface area contributed by atoms with Gasteiger partial charge in [-0.15, -0.1) is 0 Å². The molecule has 0 saturated carbocycles. The minimum atomic E-state index is -2.36. The molecule has 15 heteroatoms. The molecule has 4 aromatic rings. The van der Waals surface area contributed by atoms with Crippen LogP contribution in [0.4, 0.5) is 10.1 Å². The molecule has 13 nitrogen and oxygen atoms in total. The minimum Gasteiger partial charge on any atom is -0.372 e. The number of amides is 5. The van der Waals surface area contributed by atoms with E-state index < -0.39 is 58.7 Å². The molecule has 0 bridgehead atoms. The second-order valence-corrected chi connectivity index (χ2v) is 12.9. The number of aliphatic hydroxyl groups is 1. The Morgan fingerprint density at radius 3 is 2.43 bits per heavy atom. The number of carbonyl (C=O) groups excluding carboxylic acids is 6. The molecule has 2 heterocycles. The van der Waals surface area contributed by atoms with Crippen molar-refractivity contribution in [3.8, 4) is 0 Å². The van der Waals surface area contributed by atoms with Gasteiger partial charge in [-0.3, -0.25) is 28.8 Å². The SMILES string of the molecule is NC(=O)CC[C@H](CC(=O)c1cc2cc(N3CC[C@](O)(C(=O)NCc4cc(F)cc(Cl)c4)C3=O)ccc2[nH]1)C(=O)N[C@@H](Cc1ccccc1)C(N)=O. The van der Waals surface area contributed by atoms with Gasteiger partial charge in [0, 0.05) is 66.3 Å². The van der Waals surface area contributed by atoms with Crippen molar-refractivity contribution in [2.24, 2.45) is 17.4 Å². The van der Waals surface area contributed by atoms with Crippen LogP contribution in [0.2, 0.25) is 5.02 Å². The summed E-state index contributed by atoms with van der Waals surface area (Å²) in [4.78, 5) is 81.0. The molecule has 0 radical (unpaired) electrons. The first-order valence-corrected chi connectivity index (χ1v) is 16.5. The first kappa shape index (κ1) is 36.7. The molecule has 8 N–H and O–H groups in total. The molecule has 0 spiro atoms. The Balaban J connectivity index is 1.27. The van der Waals surface area contributed by atoms with Gasteiger partial charge in [-0.25, -0.2) is 4.39 Å². The maximum absolute atomic E-state index is 13.7. The van der Waals surface area contributed by atoms with Crippen LogP contribution in [0.25, 0.3) is 10.9 Å². The van der Waals surface area contributed by atoms with Crippen LogP contribution >= 0.6 is 11.6 Å². The quantitative estimate of drug-likeness (QED) is 0.0796. The molecule has 1 saturated heterocycles. The standard InChI is InChI=1S/C36H36ClFN6O7/c37-24-12-21(13-25(38)18-24)19-41-34(49)36(51)10-11-44(35(36)50)26-7-8-27-23(15-26)16-28(42-27)30(45)17-22(6-9-31(39)46)33(48)43-29(32(40)47)14-20-4-2-1-3-5-20/h1-5,7-8,12-13,15-16,18,22,29,42,51H,6,9-11,14,17,19H2,(H2,39,46)(H2,40,47)(H,41,49)(H,43,48)/t22-,29+,36+/m1/s1. The fourth-order valence-corrected chi connectivity index (χ4v) is 6.22. The zero-order chi connectivity index (χ0) is 36.9. The highest BCUT2D eigenvalue weighted by atomic mass is 35.5. The first-order chi connectivity index (χ1) is 24.2. The summed E-state index contributed by atoms with van der Waals surface area (Å²) in [7, 11) is 0. The van der Waals surface area contributed by atoms with Gasteiger partial charge in [0.05, 0.1) is 5.69 Å². The number of primary amides is 2. The van der Waals surface area contributed by atoms with Crippen molar-refractivity contribution in [1.29, 1.82) is 0 Å². The minimum absolute atomic E-state index is 0.0173. The van der Waals surface area contributed by atoms with E-state index >= 15 is 0 Å². The second-order valence-electron chi connectivity index (χ2n) is 12.5. The summed E-state index contributed by atoms with van der Waals surface area (Å²) in [5.74, 6) is -5.91. The van der Waals surface area contributed by atoms with Gasteiger partial charge in [-0.2, -0.15) is 0 Å². The average molecular weight is 719 g/mol. The lowest BCUT2D eigenvalue weighted by Crippen LogP contribution is -2.52. The number of nitrogens with one attached hydrogen (secondary N) is 3. The molecule has 266 valence electrons. The van der Waals surface area contributed by atoms with Crippen LogP contribution in [-0.4, -0.2) is 63.6 Å². The number of hydrogen-bond acceptors (Lipinski definition) is 7. The lowest BCUT2D eigenvalue weighted by Gasteiger charge is -2.22. The molecular formula is C36H36ClFN6O7. The Kier molecular flexibility index (Phi) is 11.2. The number of aromatic amines is 1. The van der Waals surface area contributed by atoms with Crippen molar-refractivity contribution in [2.45, 2.75) is 50.3 Å². The first-order valence-electron chi connectivity index (χ1n) is 16.1. The van der Waals surface area contributed by atoms with Crippen molar-refractivity contribution >= 4 is 63.5 Å². The number of hydrogen-bond donors (Lipinski definition) is 6. The lowest BCUT2D eigenvalue weighted by atomic mass is 9.93. The number of Topliss-reactive ketones (excluding diaryl/α,β-unsaturated/α-hetero) is 1. The van der Waals surface area contributed by atoms with Crippen molar-refractivity contribution in [3.63, 3.8) is 0 Å². The van der Waals surface area contributed by atoms with Gasteiger partial charge in [0.15, 0.2) is 5.78 Å². The Hall–Kier alpha value is -5.60. The molecule has 5 amide bonds. The summed E-state index contributed by atoms with van der Waals surface area (Å²) in [6.07, 6.45) is -0.599.